The molecule has 4 rings (SSSR count). The maximum absolute atomic E-state index is 12.4. The molecule has 0 aromatic heterocycles. The van der Waals surface area contributed by atoms with Crippen molar-refractivity contribution in [2.45, 2.75) is 6.42 Å². The number of amidine groups is 1. The molecule has 1 aliphatic rings. The van der Waals surface area contributed by atoms with E-state index in [9.17, 15) is 9.59 Å². The van der Waals surface area contributed by atoms with Crippen molar-refractivity contribution in [1.29, 1.82) is 0 Å². The van der Waals surface area contributed by atoms with Crippen molar-refractivity contribution in [1.82, 2.24) is 5.32 Å². The van der Waals surface area contributed by atoms with Gasteiger partial charge in [-0.3, -0.25) is 9.59 Å². The van der Waals surface area contributed by atoms with Gasteiger partial charge in [0.25, 0.3) is 5.91 Å². The van der Waals surface area contributed by atoms with Gasteiger partial charge in [-0.1, -0.05) is 42.5 Å². The number of carbonyl (C=O) groups is 2. The Morgan fingerprint density at radius 3 is 2.53 bits per heavy atom. The van der Waals surface area contributed by atoms with Gasteiger partial charge in [-0.15, -0.1) is 0 Å². The quantitative estimate of drug-likeness (QED) is 0.601. The van der Waals surface area contributed by atoms with Gasteiger partial charge in [0.2, 0.25) is 0 Å². The summed E-state index contributed by atoms with van der Waals surface area (Å²) >= 11 is 1.27. The number of hydrogen-bond donors (Lipinski definition) is 2. The number of aliphatic imine (C=N–C) groups is 1. The molecule has 0 atom stereocenters. The van der Waals surface area contributed by atoms with Crippen molar-refractivity contribution >= 4 is 51.3 Å². The number of carboxylic acid groups (broad SMARTS) is 1. The fourth-order valence-electron chi connectivity index (χ4n) is 3.20. The highest BCUT2D eigenvalue weighted by atomic mass is 32.2. The first kappa shape index (κ1) is 19.7. The van der Waals surface area contributed by atoms with E-state index in [0.29, 0.717) is 21.3 Å². The molecule has 0 radical (unpaired) electrons. The van der Waals surface area contributed by atoms with Crippen LogP contribution in [-0.4, -0.2) is 29.3 Å². The second-order valence-corrected chi connectivity index (χ2v) is 7.65. The second-order valence-electron chi connectivity index (χ2n) is 6.62. The summed E-state index contributed by atoms with van der Waals surface area (Å²) < 4.78 is 5.43. The van der Waals surface area contributed by atoms with Crippen LogP contribution in [-0.2, 0) is 16.0 Å². The Kier molecular flexibility index (Phi) is 5.54. The third kappa shape index (κ3) is 4.21. The van der Waals surface area contributed by atoms with Crippen LogP contribution >= 0.6 is 11.8 Å². The first-order valence-corrected chi connectivity index (χ1v) is 10.0. The lowest BCUT2D eigenvalue weighted by atomic mass is 10.0. The third-order valence-electron chi connectivity index (χ3n) is 4.60. The summed E-state index contributed by atoms with van der Waals surface area (Å²) in [5.41, 5.74) is 2.26. The van der Waals surface area contributed by atoms with E-state index >= 15 is 0 Å². The van der Waals surface area contributed by atoms with E-state index in [2.05, 4.69) is 10.3 Å². The highest BCUT2D eigenvalue weighted by molar-refractivity contribution is 8.18. The Labute approximate surface area is 177 Å². The highest BCUT2D eigenvalue weighted by Crippen LogP contribution is 2.33. The van der Waals surface area contributed by atoms with E-state index in [1.165, 1.54) is 11.8 Å². The van der Waals surface area contributed by atoms with Gasteiger partial charge in [0, 0.05) is 5.39 Å². The molecule has 0 unspecified atom stereocenters. The predicted octanol–water partition coefficient (Wildman–Crippen LogP) is 4.37. The van der Waals surface area contributed by atoms with Crippen molar-refractivity contribution in [3.05, 3.63) is 76.7 Å². The van der Waals surface area contributed by atoms with E-state index in [-0.39, 0.29) is 12.3 Å². The van der Waals surface area contributed by atoms with Crippen molar-refractivity contribution in [2.24, 2.45) is 4.99 Å². The number of aliphatic carboxylic acids is 1. The fourth-order valence-corrected chi connectivity index (χ4v) is 4.03. The minimum absolute atomic E-state index is 0.0367. The largest absolute Gasteiger partial charge is 0.496 e. The summed E-state index contributed by atoms with van der Waals surface area (Å²) in [6.07, 6.45) is 1.81. The minimum atomic E-state index is -0.881. The van der Waals surface area contributed by atoms with Crippen molar-refractivity contribution in [2.75, 3.05) is 7.11 Å². The second kappa shape index (κ2) is 8.42. The lowest BCUT2D eigenvalue weighted by Gasteiger charge is -2.08. The molecule has 0 bridgehead atoms. The predicted molar refractivity (Wildman–Crippen MR) is 119 cm³/mol. The maximum Gasteiger partial charge on any atom is 0.307 e. The number of thioether (sulfide) groups is 1. The number of amides is 1. The number of nitrogens with zero attached hydrogens (tertiary/aromatic N) is 1. The van der Waals surface area contributed by atoms with Crippen LogP contribution in [0.4, 0.5) is 5.69 Å². The molecule has 3 aromatic carbocycles. The van der Waals surface area contributed by atoms with Gasteiger partial charge in [-0.25, -0.2) is 4.99 Å². The van der Waals surface area contributed by atoms with E-state index in [4.69, 9.17) is 9.84 Å². The molecule has 7 heteroatoms. The SMILES string of the molecule is COc1ccc(C=C2SC(=Nc3ccc(CC(=O)O)cc3)NC2=O)c2ccccc12. The molecule has 1 heterocycles. The number of carbonyl (C=O) groups excluding carboxylic acids is 1. The van der Waals surface area contributed by atoms with E-state index < -0.39 is 5.97 Å². The van der Waals surface area contributed by atoms with Gasteiger partial charge in [-0.05, 0) is 52.6 Å². The van der Waals surface area contributed by atoms with Crippen LogP contribution < -0.4 is 10.1 Å². The average Bonchev–Trinajstić information content (AvgIpc) is 3.08. The summed E-state index contributed by atoms with van der Waals surface area (Å²) in [6.45, 7) is 0. The molecular weight excluding hydrogens is 400 g/mol. The highest BCUT2D eigenvalue weighted by Gasteiger charge is 2.24. The van der Waals surface area contributed by atoms with Gasteiger partial charge in [0.05, 0.1) is 24.1 Å². The molecule has 2 N–H and O–H groups in total. The van der Waals surface area contributed by atoms with Crippen molar-refractivity contribution in [3.63, 3.8) is 0 Å². The monoisotopic (exact) mass is 418 g/mol. The standard InChI is InChI=1S/C23H18N2O4S/c1-29-19-11-8-15(17-4-2-3-5-18(17)19)13-20-22(28)25-23(30-20)24-16-9-6-14(7-10-16)12-21(26)27/h2-11,13H,12H2,1H3,(H,26,27)(H,24,25,28). The van der Waals surface area contributed by atoms with Crippen LogP contribution in [0.5, 0.6) is 5.75 Å². The Hall–Kier alpha value is -3.58. The van der Waals surface area contributed by atoms with Gasteiger partial charge in [0.15, 0.2) is 5.17 Å². The summed E-state index contributed by atoms with van der Waals surface area (Å²) in [7, 11) is 1.64. The summed E-state index contributed by atoms with van der Waals surface area (Å²) in [5, 5.41) is 14.1. The number of hydrogen-bond acceptors (Lipinski definition) is 5. The molecule has 0 aliphatic carbocycles. The van der Waals surface area contributed by atoms with E-state index in [1.54, 1.807) is 31.4 Å². The first-order chi connectivity index (χ1) is 14.5. The van der Waals surface area contributed by atoms with Crippen LogP contribution in [0.15, 0.2) is 70.6 Å². The lowest BCUT2D eigenvalue weighted by molar-refractivity contribution is -0.136. The molecule has 0 saturated carbocycles. The third-order valence-corrected chi connectivity index (χ3v) is 5.51. The van der Waals surface area contributed by atoms with Gasteiger partial charge in [0.1, 0.15) is 5.75 Å². The van der Waals surface area contributed by atoms with E-state index in [1.807, 2.05) is 42.5 Å². The van der Waals surface area contributed by atoms with Crippen LogP contribution in [0.3, 0.4) is 0 Å². The van der Waals surface area contributed by atoms with Crippen LogP contribution in [0.1, 0.15) is 11.1 Å². The Balaban J connectivity index is 1.60. The topological polar surface area (TPSA) is 88.0 Å². The Bertz CT molecular complexity index is 1200. The molecule has 1 amide bonds. The molecule has 150 valence electrons. The van der Waals surface area contributed by atoms with Crippen LogP contribution in [0.25, 0.3) is 16.8 Å². The smallest absolute Gasteiger partial charge is 0.307 e. The van der Waals surface area contributed by atoms with Gasteiger partial charge >= 0.3 is 5.97 Å². The van der Waals surface area contributed by atoms with Crippen LogP contribution in [0.2, 0.25) is 0 Å². The number of benzene rings is 3. The molecule has 0 spiro atoms. The Morgan fingerprint density at radius 2 is 1.83 bits per heavy atom. The van der Waals surface area contributed by atoms with Crippen molar-refractivity contribution < 1.29 is 19.4 Å². The maximum atomic E-state index is 12.4. The van der Waals surface area contributed by atoms with Gasteiger partial charge < -0.3 is 15.2 Å². The molecule has 30 heavy (non-hydrogen) atoms. The molecule has 1 aliphatic heterocycles. The van der Waals surface area contributed by atoms with E-state index in [0.717, 1.165) is 22.1 Å². The molecule has 6 nitrogen and oxygen atoms in total. The molecular formula is C23H18N2O4S. The lowest BCUT2D eigenvalue weighted by Crippen LogP contribution is -2.19. The summed E-state index contributed by atoms with van der Waals surface area (Å²) in [5.74, 6) is -0.306. The zero-order valence-electron chi connectivity index (χ0n) is 16.1. The number of fused-ring (bicyclic) bond motifs is 1. The average molecular weight is 418 g/mol. The number of carboxylic acids is 1. The van der Waals surface area contributed by atoms with Crippen molar-refractivity contribution in [3.8, 4) is 5.75 Å². The zero-order chi connectivity index (χ0) is 21.1. The minimum Gasteiger partial charge on any atom is -0.496 e. The normalized spacial score (nSPS) is 16.2. The molecule has 3 aromatic rings. The Morgan fingerprint density at radius 1 is 1.10 bits per heavy atom. The fraction of sp³-hybridized carbons (Fsp3) is 0.0870. The molecule has 1 saturated heterocycles. The van der Waals surface area contributed by atoms with Crippen LogP contribution in [0, 0.1) is 0 Å². The first-order valence-electron chi connectivity index (χ1n) is 9.19. The number of methoxy groups -OCH3 is 1. The number of ether oxygens (including phenoxy) is 1. The summed E-state index contributed by atoms with van der Waals surface area (Å²) in [4.78, 5) is 28.2. The number of rotatable bonds is 5. The zero-order valence-corrected chi connectivity index (χ0v) is 16.9. The summed E-state index contributed by atoms with van der Waals surface area (Å²) in [6, 6.07) is 18.6. The molecule has 1 fully saturated rings. The number of nitrogens with one attached hydrogen (secondary N) is 1. The van der Waals surface area contributed by atoms with Gasteiger partial charge in [-0.2, -0.15) is 0 Å².